The Morgan fingerprint density at radius 3 is 2.55 bits per heavy atom. The molecule has 0 bridgehead atoms. The summed E-state index contributed by atoms with van der Waals surface area (Å²) in [5.74, 6) is 0.847. The second-order valence-corrected chi connectivity index (χ2v) is 8.62. The van der Waals surface area contributed by atoms with Gasteiger partial charge in [0.1, 0.15) is 5.75 Å². The molecule has 2 aromatic carbocycles. The van der Waals surface area contributed by atoms with Crippen molar-refractivity contribution in [2.45, 2.75) is 32.4 Å². The summed E-state index contributed by atoms with van der Waals surface area (Å²) in [4.78, 5) is 32.3. The van der Waals surface area contributed by atoms with Crippen molar-refractivity contribution < 1.29 is 14.3 Å². The molecule has 2 heterocycles. The van der Waals surface area contributed by atoms with Crippen LogP contribution < -0.4 is 15.0 Å². The standard InChI is InChI=1S/C26H34N4O3/c1-2-33-23-11-9-21(10-12-23)20-30-16-13-27-26(32)24(30)19-25(31)29-15-6-14-28(17-18-29)22-7-4-3-5-8-22/h3-5,7-12,24H,2,6,13-20H2,1H3,(H,27,32)/t24-/m0/s1. The molecule has 7 nitrogen and oxygen atoms in total. The van der Waals surface area contributed by atoms with E-state index in [2.05, 4.69) is 27.2 Å². The fourth-order valence-electron chi connectivity index (χ4n) is 4.62. The highest BCUT2D eigenvalue weighted by Crippen LogP contribution is 2.20. The second-order valence-electron chi connectivity index (χ2n) is 8.62. The molecule has 2 amide bonds. The predicted molar refractivity (Wildman–Crippen MR) is 129 cm³/mol. The minimum absolute atomic E-state index is 0.0544. The molecular weight excluding hydrogens is 416 g/mol. The van der Waals surface area contributed by atoms with Crippen LogP contribution in [0.4, 0.5) is 5.69 Å². The van der Waals surface area contributed by atoms with E-state index >= 15 is 0 Å². The number of ether oxygens (including phenoxy) is 1. The molecule has 2 fully saturated rings. The summed E-state index contributed by atoms with van der Waals surface area (Å²) in [5.41, 5.74) is 2.30. The summed E-state index contributed by atoms with van der Waals surface area (Å²) in [6, 6.07) is 17.9. The van der Waals surface area contributed by atoms with Gasteiger partial charge in [-0.05, 0) is 43.2 Å². The Kier molecular flexibility index (Phi) is 7.83. The summed E-state index contributed by atoms with van der Waals surface area (Å²) in [7, 11) is 0. The quantitative estimate of drug-likeness (QED) is 0.702. The average molecular weight is 451 g/mol. The maximum Gasteiger partial charge on any atom is 0.237 e. The largest absolute Gasteiger partial charge is 0.494 e. The maximum atomic E-state index is 13.2. The highest BCUT2D eigenvalue weighted by Gasteiger charge is 2.33. The minimum atomic E-state index is -0.439. The van der Waals surface area contributed by atoms with Crippen molar-refractivity contribution in [3.63, 3.8) is 0 Å². The molecule has 2 aliphatic rings. The lowest BCUT2D eigenvalue weighted by atomic mass is 10.1. The van der Waals surface area contributed by atoms with Crippen LogP contribution in [0.5, 0.6) is 5.75 Å². The summed E-state index contributed by atoms with van der Waals surface area (Å²) >= 11 is 0. The number of hydrogen-bond acceptors (Lipinski definition) is 5. The Morgan fingerprint density at radius 2 is 1.79 bits per heavy atom. The van der Waals surface area contributed by atoms with E-state index in [1.165, 1.54) is 5.69 Å². The number of carbonyl (C=O) groups is 2. The molecule has 176 valence electrons. The van der Waals surface area contributed by atoms with Crippen molar-refractivity contribution in [1.82, 2.24) is 15.1 Å². The van der Waals surface area contributed by atoms with Gasteiger partial charge < -0.3 is 19.9 Å². The van der Waals surface area contributed by atoms with Crippen molar-refractivity contribution in [3.05, 3.63) is 60.2 Å². The molecule has 0 unspecified atom stereocenters. The van der Waals surface area contributed by atoms with Gasteiger partial charge in [-0.2, -0.15) is 0 Å². The second kappa shape index (κ2) is 11.2. The van der Waals surface area contributed by atoms with Crippen LogP contribution in [0.2, 0.25) is 0 Å². The van der Waals surface area contributed by atoms with Crippen LogP contribution in [-0.4, -0.2) is 73.5 Å². The molecule has 1 N–H and O–H groups in total. The van der Waals surface area contributed by atoms with E-state index in [4.69, 9.17) is 4.74 Å². The normalized spacial score (nSPS) is 19.7. The van der Waals surface area contributed by atoms with Gasteiger partial charge in [-0.25, -0.2) is 0 Å². The lowest BCUT2D eigenvalue weighted by Crippen LogP contribution is -2.56. The Bertz CT molecular complexity index is 919. The topological polar surface area (TPSA) is 65.1 Å². The Morgan fingerprint density at radius 1 is 1.00 bits per heavy atom. The first kappa shape index (κ1) is 23.1. The van der Waals surface area contributed by atoms with E-state index in [-0.39, 0.29) is 18.2 Å². The van der Waals surface area contributed by atoms with Crippen LogP contribution in [0.3, 0.4) is 0 Å². The van der Waals surface area contributed by atoms with Gasteiger partial charge in [-0.1, -0.05) is 30.3 Å². The molecule has 1 atom stereocenters. The Balaban J connectivity index is 1.36. The summed E-state index contributed by atoms with van der Waals surface area (Å²) in [6.07, 6.45) is 1.14. The molecule has 2 saturated heterocycles. The van der Waals surface area contributed by atoms with E-state index in [0.717, 1.165) is 43.9 Å². The van der Waals surface area contributed by atoms with Gasteiger partial charge in [-0.3, -0.25) is 14.5 Å². The molecule has 0 spiro atoms. The molecule has 33 heavy (non-hydrogen) atoms. The zero-order valence-electron chi connectivity index (χ0n) is 19.4. The van der Waals surface area contributed by atoms with Crippen molar-refractivity contribution >= 4 is 17.5 Å². The Hall–Kier alpha value is -3.06. The fourth-order valence-corrected chi connectivity index (χ4v) is 4.62. The maximum absolute atomic E-state index is 13.2. The number of anilines is 1. The number of piperazine rings is 1. The number of benzene rings is 2. The first-order valence-electron chi connectivity index (χ1n) is 12.0. The third kappa shape index (κ3) is 6.05. The lowest BCUT2D eigenvalue weighted by molar-refractivity contribution is -0.139. The zero-order chi connectivity index (χ0) is 23.0. The van der Waals surface area contributed by atoms with Gasteiger partial charge in [0.05, 0.1) is 19.1 Å². The molecule has 0 aliphatic carbocycles. The van der Waals surface area contributed by atoms with E-state index in [1.54, 1.807) is 0 Å². The molecule has 2 aromatic rings. The summed E-state index contributed by atoms with van der Waals surface area (Å²) < 4.78 is 5.52. The number of amides is 2. The molecule has 0 aromatic heterocycles. The number of nitrogens with zero attached hydrogens (tertiary/aromatic N) is 3. The fraction of sp³-hybridized carbons (Fsp3) is 0.462. The smallest absolute Gasteiger partial charge is 0.237 e. The van der Waals surface area contributed by atoms with Gasteiger partial charge in [-0.15, -0.1) is 0 Å². The predicted octanol–water partition coefficient (Wildman–Crippen LogP) is 2.51. The van der Waals surface area contributed by atoms with Crippen LogP contribution >= 0.6 is 0 Å². The van der Waals surface area contributed by atoms with E-state index < -0.39 is 6.04 Å². The molecule has 0 radical (unpaired) electrons. The van der Waals surface area contributed by atoms with E-state index in [1.807, 2.05) is 54.3 Å². The third-order valence-corrected chi connectivity index (χ3v) is 6.40. The summed E-state index contributed by atoms with van der Waals surface area (Å²) in [5, 5.41) is 2.94. The molecule has 4 rings (SSSR count). The van der Waals surface area contributed by atoms with Crippen LogP contribution in [-0.2, 0) is 16.1 Å². The highest BCUT2D eigenvalue weighted by molar-refractivity contribution is 5.89. The minimum Gasteiger partial charge on any atom is -0.494 e. The number of para-hydroxylation sites is 1. The first-order valence-corrected chi connectivity index (χ1v) is 12.0. The van der Waals surface area contributed by atoms with Crippen molar-refractivity contribution in [2.75, 3.05) is 50.8 Å². The molecule has 2 aliphatic heterocycles. The zero-order valence-corrected chi connectivity index (χ0v) is 19.4. The highest BCUT2D eigenvalue weighted by atomic mass is 16.5. The number of nitrogens with one attached hydrogen (secondary N) is 1. The molecular formula is C26H34N4O3. The SMILES string of the molecule is CCOc1ccc(CN2CCNC(=O)[C@@H]2CC(=O)N2CCCN(c3ccccc3)CC2)cc1. The van der Waals surface area contributed by atoms with Crippen LogP contribution in [0.25, 0.3) is 0 Å². The van der Waals surface area contributed by atoms with Crippen LogP contribution in [0.15, 0.2) is 54.6 Å². The van der Waals surface area contributed by atoms with Crippen molar-refractivity contribution in [1.29, 1.82) is 0 Å². The lowest BCUT2D eigenvalue weighted by Gasteiger charge is -2.35. The third-order valence-electron chi connectivity index (χ3n) is 6.40. The van der Waals surface area contributed by atoms with Gasteiger partial charge in [0.2, 0.25) is 11.8 Å². The number of hydrogen-bond donors (Lipinski definition) is 1. The Labute approximate surface area is 196 Å². The van der Waals surface area contributed by atoms with Crippen LogP contribution in [0, 0.1) is 0 Å². The molecule has 0 saturated carbocycles. The van der Waals surface area contributed by atoms with Gasteiger partial charge in [0.25, 0.3) is 0 Å². The first-order chi connectivity index (χ1) is 16.1. The van der Waals surface area contributed by atoms with Crippen molar-refractivity contribution in [2.24, 2.45) is 0 Å². The number of rotatable bonds is 7. The number of carbonyl (C=O) groups excluding carboxylic acids is 2. The van der Waals surface area contributed by atoms with Gasteiger partial charge in [0, 0.05) is 51.5 Å². The van der Waals surface area contributed by atoms with Crippen LogP contribution in [0.1, 0.15) is 25.3 Å². The molecule has 7 heteroatoms. The monoisotopic (exact) mass is 450 g/mol. The van der Waals surface area contributed by atoms with Gasteiger partial charge in [0.15, 0.2) is 0 Å². The summed E-state index contributed by atoms with van der Waals surface area (Å²) in [6.45, 7) is 7.73. The van der Waals surface area contributed by atoms with E-state index in [0.29, 0.717) is 26.2 Å². The average Bonchev–Trinajstić information content (AvgIpc) is 3.10. The van der Waals surface area contributed by atoms with Gasteiger partial charge >= 0.3 is 0 Å². The van der Waals surface area contributed by atoms with E-state index in [9.17, 15) is 9.59 Å². The van der Waals surface area contributed by atoms with Crippen molar-refractivity contribution in [3.8, 4) is 5.75 Å².